The minimum absolute atomic E-state index is 0.146. The van der Waals surface area contributed by atoms with Gasteiger partial charge in [0.05, 0.1) is 6.54 Å². The second-order valence-corrected chi connectivity index (χ2v) is 7.07. The van der Waals surface area contributed by atoms with Gasteiger partial charge < -0.3 is 14.3 Å². The van der Waals surface area contributed by atoms with Gasteiger partial charge in [0.25, 0.3) is 0 Å². The first-order chi connectivity index (χ1) is 13.1. The molecule has 0 spiro atoms. The number of carbonyl (C=O) groups excluding carboxylic acids is 1. The highest BCUT2D eigenvalue weighted by atomic mass is 35.5. The Morgan fingerprint density at radius 3 is 2.81 bits per heavy atom. The Bertz CT molecular complexity index is 975. The number of carbonyl (C=O) groups is 1. The number of halogens is 1. The van der Waals surface area contributed by atoms with Crippen molar-refractivity contribution in [2.24, 2.45) is 5.92 Å². The summed E-state index contributed by atoms with van der Waals surface area (Å²) in [5.74, 6) is 3.37. The largest absolute Gasteiger partial charge is 0.461 e. The zero-order valence-corrected chi connectivity index (χ0v) is 15.4. The number of amides is 1. The van der Waals surface area contributed by atoms with E-state index in [1.165, 1.54) is 12.5 Å². The molecule has 3 aromatic rings. The molecule has 0 aliphatic heterocycles. The predicted octanol–water partition coefficient (Wildman–Crippen LogP) is 4.44. The quantitative estimate of drug-likeness (QED) is 0.636. The summed E-state index contributed by atoms with van der Waals surface area (Å²) >= 11 is 5.86. The molecule has 1 amide bonds. The third kappa shape index (κ3) is 4.28. The van der Waals surface area contributed by atoms with Crippen LogP contribution in [-0.4, -0.2) is 16.0 Å². The molecule has 2 aromatic heterocycles. The highest BCUT2D eigenvalue weighted by Gasteiger charge is 2.36. The molecular weight excluding hydrogens is 366 g/mol. The number of nitrogens with zero attached hydrogens (tertiary/aromatic N) is 2. The molecule has 1 aliphatic carbocycles. The lowest BCUT2D eigenvalue weighted by molar-refractivity contribution is -0.116. The number of rotatable bonds is 6. The van der Waals surface area contributed by atoms with Gasteiger partial charge in [0, 0.05) is 22.6 Å². The van der Waals surface area contributed by atoms with E-state index in [0.717, 1.165) is 11.3 Å². The fourth-order valence-electron chi connectivity index (χ4n) is 2.80. The highest BCUT2D eigenvalue weighted by molar-refractivity contribution is 6.30. The maximum absolute atomic E-state index is 12.0. The van der Waals surface area contributed by atoms with E-state index in [4.69, 9.17) is 20.5 Å². The molecule has 2 atom stereocenters. The van der Waals surface area contributed by atoms with Crippen molar-refractivity contribution in [2.75, 3.05) is 0 Å². The van der Waals surface area contributed by atoms with Crippen LogP contribution in [0.25, 0.3) is 17.5 Å². The topological polar surface area (TPSA) is 81.2 Å². The first-order valence-electron chi connectivity index (χ1n) is 8.72. The summed E-state index contributed by atoms with van der Waals surface area (Å²) in [4.78, 5) is 16.2. The standard InChI is InChI=1S/C20H18ClN3O3/c1-12-10-16(12)17-8-6-15(26-17)7-9-18(25)22-11-19-23-20(24-27-19)13-2-4-14(21)5-3-13/h2-9,12,16H,10-11H2,1H3,(H,22,25). The Labute approximate surface area is 161 Å². The van der Waals surface area contributed by atoms with Crippen LogP contribution < -0.4 is 5.32 Å². The number of nitrogens with one attached hydrogen (secondary N) is 1. The maximum atomic E-state index is 12.0. The van der Waals surface area contributed by atoms with Crippen LogP contribution in [0.1, 0.15) is 36.7 Å². The van der Waals surface area contributed by atoms with Gasteiger partial charge in [0.2, 0.25) is 17.6 Å². The summed E-state index contributed by atoms with van der Waals surface area (Å²) < 4.78 is 10.9. The lowest BCUT2D eigenvalue weighted by Crippen LogP contribution is -2.20. The second kappa shape index (κ2) is 7.40. The van der Waals surface area contributed by atoms with Crippen molar-refractivity contribution in [3.05, 3.63) is 64.9 Å². The normalized spacial score (nSPS) is 18.7. The van der Waals surface area contributed by atoms with E-state index in [9.17, 15) is 4.79 Å². The smallest absolute Gasteiger partial charge is 0.246 e. The fourth-order valence-corrected chi connectivity index (χ4v) is 2.92. The van der Waals surface area contributed by atoms with Crippen LogP contribution in [0.5, 0.6) is 0 Å². The number of benzene rings is 1. The maximum Gasteiger partial charge on any atom is 0.246 e. The van der Waals surface area contributed by atoms with Crippen LogP contribution in [0.2, 0.25) is 5.02 Å². The van der Waals surface area contributed by atoms with Gasteiger partial charge in [-0.15, -0.1) is 0 Å². The van der Waals surface area contributed by atoms with Crippen molar-refractivity contribution in [3.63, 3.8) is 0 Å². The van der Waals surface area contributed by atoms with E-state index in [0.29, 0.717) is 34.3 Å². The number of aromatic nitrogens is 2. The number of hydrogen-bond donors (Lipinski definition) is 1. The Morgan fingerprint density at radius 2 is 2.07 bits per heavy atom. The van der Waals surface area contributed by atoms with E-state index in [2.05, 4.69) is 22.4 Å². The molecule has 1 aliphatic rings. The third-order valence-electron chi connectivity index (χ3n) is 4.51. The average Bonchev–Trinajstić information content (AvgIpc) is 3.07. The van der Waals surface area contributed by atoms with E-state index in [-0.39, 0.29) is 12.5 Å². The SMILES string of the molecule is CC1CC1c1ccc(C=CC(=O)NCc2nc(-c3ccc(Cl)cc3)no2)o1. The van der Waals surface area contributed by atoms with Crippen molar-refractivity contribution >= 4 is 23.6 Å². The lowest BCUT2D eigenvalue weighted by atomic mass is 10.2. The van der Waals surface area contributed by atoms with Crippen molar-refractivity contribution < 1.29 is 13.7 Å². The van der Waals surface area contributed by atoms with Gasteiger partial charge in [-0.05, 0) is 54.8 Å². The summed E-state index contributed by atoms with van der Waals surface area (Å²) in [5, 5.41) is 7.25. The van der Waals surface area contributed by atoms with E-state index in [1.54, 1.807) is 30.3 Å². The number of furan rings is 1. The van der Waals surface area contributed by atoms with Gasteiger partial charge in [-0.2, -0.15) is 4.98 Å². The van der Waals surface area contributed by atoms with Crippen molar-refractivity contribution in [2.45, 2.75) is 25.8 Å². The summed E-state index contributed by atoms with van der Waals surface area (Å²) in [7, 11) is 0. The van der Waals surface area contributed by atoms with Crippen molar-refractivity contribution in [1.29, 1.82) is 0 Å². The molecule has 27 heavy (non-hydrogen) atoms. The Hall–Kier alpha value is -2.86. The van der Waals surface area contributed by atoms with E-state index >= 15 is 0 Å². The van der Waals surface area contributed by atoms with Gasteiger partial charge >= 0.3 is 0 Å². The zero-order valence-electron chi connectivity index (χ0n) is 14.7. The Morgan fingerprint density at radius 1 is 1.30 bits per heavy atom. The van der Waals surface area contributed by atoms with E-state index in [1.807, 2.05) is 12.1 Å². The molecule has 4 rings (SSSR count). The van der Waals surface area contributed by atoms with Crippen molar-refractivity contribution in [1.82, 2.24) is 15.5 Å². The number of hydrogen-bond acceptors (Lipinski definition) is 5. The van der Waals surface area contributed by atoms with E-state index < -0.39 is 0 Å². The van der Waals surface area contributed by atoms with Gasteiger partial charge in [0.15, 0.2) is 0 Å². The van der Waals surface area contributed by atoms with Crippen LogP contribution in [0.4, 0.5) is 0 Å². The average molecular weight is 384 g/mol. The third-order valence-corrected chi connectivity index (χ3v) is 4.76. The van der Waals surface area contributed by atoms with Crippen LogP contribution in [-0.2, 0) is 11.3 Å². The molecule has 2 heterocycles. The summed E-state index contributed by atoms with van der Waals surface area (Å²) in [6, 6.07) is 11.0. The van der Waals surface area contributed by atoms with Crippen LogP contribution in [0, 0.1) is 5.92 Å². The molecule has 0 bridgehead atoms. The lowest BCUT2D eigenvalue weighted by Gasteiger charge is -1.96. The molecule has 0 saturated heterocycles. The van der Waals surface area contributed by atoms with Crippen molar-refractivity contribution in [3.8, 4) is 11.4 Å². The minimum Gasteiger partial charge on any atom is -0.461 e. The van der Waals surface area contributed by atoms with Crippen LogP contribution in [0.3, 0.4) is 0 Å². The molecular formula is C20H18ClN3O3. The molecule has 138 valence electrons. The molecule has 1 N–H and O–H groups in total. The zero-order chi connectivity index (χ0) is 18.8. The molecule has 6 nitrogen and oxygen atoms in total. The van der Waals surface area contributed by atoms with Gasteiger partial charge in [-0.25, -0.2) is 0 Å². The second-order valence-electron chi connectivity index (χ2n) is 6.63. The Kier molecular flexibility index (Phi) is 4.81. The minimum atomic E-state index is -0.265. The molecule has 1 aromatic carbocycles. The first-order valence-corrected chi connectivity index (χ1v) is 9.10. The summed E-state index contributed by atoms with van der Waals surface area (Å²) in [6.45, 7) is 2.35. The monoisotopic (exact) mass is 383 g/mol. The van der Waals surface area contributed by atoms with Crippen LogP contribution in [0.15, 0.2) is 51.4 Å². The molecule has 0 radical (unpaired) electrons. The fraction of sp³-hybridized carbons (Fsp3) is 0.250. The Balaban J connectivity index is 1.30. The van der Waals surface area contributed by atoms with Crippen LogP contribution >= 0.6 is 11.6 Å². The molecule has 1 fully saturated rings. The highest BCUT2D eigenvalue weighted by Crippen LogP contribution is 2.47. The first kappa shape index (κ1) is 17.5. The molecule has 2 unspecified atom stereocenters. The predicted molar refractivity (Wildman–Crippen MR) is 101 cm³/mol. The van der Waals surface area contributed by atoms with Gasteiger partial charge in [-0.1, -0.05) is 23.7 Å². The molecule has 1 saturated carbocycles. The van der Waals surface area contributed by atoms with Gasteiger partial charge in [0.1, 0.15) is 11.5 Å². The molecule has 7 heteroatoms. The van der Waals surface area contributed by atoms with Gasteiger partial charge in [-0.3, -0.25) is 4.79 Å². The summed E-state index contributed by atoms with van der Waals surface area (Å²) in [5.41, 5.74) is 0.791. The summed E-state index contributed by atoms with van der Waals surface area (Å²) in [6.07, 6.45) is 4.24.